The minimum Gasteiger partial charge on any atom is -0.454 e. The Kier molecular flexibility index (Phi) is 5.25. The van der Waals surface area contributed by atoms with Crippen LogP contribution in [0.15, 0.2) is 58.7 Å². The first-order valence-corrected chi connectivity index (χ1v) is 9.47. The molecular formula is C19H14N4O5S. The van der Waals surface area contributed by atoms with Crippen molar-refractivity contribution >= 4 is 40.5 Å². The first kappa shape index (κ1) is 18.7. The Bertz CT molecular complexity index is 1130. The molecule has 2 heterocycles. The van der Waals surface area contributed by atoms with E-state index in [0.29, 0.717) is 11.5 Å². The van der Waals surface area contributed by atoms with Gasteiger partial charge in [0.25, 0.3) is 5.69 Å². The molecule has 10 heteroatoms. The summed E-state index contributed by atoms with van der Waals surface area (Å²) in [5, 5.41) is 16.1. The highest BCUT2D eigenvalue weighted by Gasteiger charge is 2.22. The summed E-state index contributed by atoms with van der Waals surface area (Å²) < 4.78 is 10.4. The lowest BCUT2D eigenvalue weighted by Crippen LogP contribution is -2.19. The van der Waals surface area contributed by atoms with Crippen LogP contribution in [-0.2, 0) is 4.79 Å². The number of pyridine rings is 1. The third-order valence-electron chi connectivity index (χ3n) is 4.07. The summed E-state index contributed by atoms with van der Waals surface area (Å²) in [6.07, 6.45) is 2.91. The molecule has 0 saturated heterocycles. The van der Waals surface area contributed by atoms with Crippen LogP contribution in [0.25, 0.3) is 10.9 Å². The van der Waals surface area contributed by atoms with Gasteiger partial charge in [0.1, 0.15) is 0 Å². The smallest absolute Gasteiger partial charge is 0.282 e. The quantitative estimate of drug-likeness (QED) is 0.287. The maximum atomic E-state index is 12.1. The summed E-state index contributed by atoms with van der Waals surface area (Å²) >= 11 is 1.34. The number of aromatic nitrogens is 1. The second-order valence-electron chi connectivity index (χ2n) is 5.93. The summed E-state index contributed by atoms with van der Waals surface area (Å²) in [5.74, 6) is 0.471. The number of nitro benzene ring substituents is 1. The lowest BCUT2D eigenvalue weighted by Gasteiger charge is -2.04. The topological polar surface area (TPSA) is 116 Å². The molecule has 0 unspecified atom stereocenters. The Labute approximate surface area is 168 Å². The second kappa shape index (κ2) is 8.15. The fraction of sp³-hybridized carbons (Fsp3) is 0.105. The number of benzene rings is 2. The zero-order valence-electron chi connectivity index (χ0n) is 14.9. The number of hydrogen-bond acceptors (Lipinski definition) is 8. The van der Waals surface area contributed by atoms with Crippen molar-refractivity contribution in [2.75, 3.05) is 12.5 Å². The van der Waals surface area contributed by atoms with Gasteiger partial charge < -0.3 is 9.47 Å². The van der Waals surface area contributed by atoms with E-state index in [1.54, 1.807) is 6.20 Å². The lowest BCUT2D eigenvalue weighted by atomic mass is 10.1. The molecule has 0 fully saturated rings. The number of fused-ring (bicyclic) bond motifs is 2. The predicted octanol–water partition coefficient (Wildman–Crippen LogP) is 3.11. The van der Waals surface area contributed by atoms with Gasteiger partial charge in [-0.15, -0.1) is 11.8 Å². The fourth-order valence-electron chi connectivity index (χ4n) is 2.75. The first-order chi connectivity index (χ1) is 14.1. The van der Waals surface area contributed by atoms with Crippen molar-refractivity contribution in [3.8, 4) is 11.5 Å². The van der Waals surface area contributed by atoms with Gasteiger partial charge in [0.2, 0.25) is 12.7 Å². The molecule has 0 saturated carbocycles. The number of carbonyl (C=O) groups excluding carboxylic acids is 1. The average Bonchev–Trinajstić information content (AvgIpc) is 3.19. The summed E-state index contributed by atoms with van der Waals surface area (Å²) in [6, 6.07) is 12.3. The van der Waals surface area contributed by atoms with Crippen molar-refractivity contribution in [2.24, 2.45) is 5.10 Å². The molecule has 1 N–H and O–H groups in total. The number of carbonyl (C=O) groups is 1. The number of ether oxygens (including phenoxy) is 2. The molecule has 9 nitrogen and oxygen atoms in total. The summed E-state index contributed by atoms with van der Waals surface area (Å²) in [4.78, 5) is 28.0. The van der Waals surface area contributed by atoms with Crippen LogP contribution in [0.3, 0.4) is 0 Å². The molecule has 0 bridgehead atoms. The van der Waals surface area contributed by atoms with Crippen LogP contribution in [0.5, 0.6) is 11.5 Å². The van der Waals surface area contributed by atoms with E-state index in [9.17, 15) is 14.9 Å². The van der Waals surface area contributed by atoms with Gasteiger partial charge in [-0.2, -0.15) is 5.10 Å². The van der Waals surface area contributed by atoms with Crippen LogP contribution in [0.4, 0.5) is 5.69 Å². The number of thioether (sulfide) groups is 1. The van der Waals surface area contributed by atoms with E-state index >= 15 is 0 Å². The molecule has 0 atom stereocenters. The van der Waals surface area contributed by atoms with E-state index in [1.165, 1.54) is 30.1 Å². The Morgan fingerprint density at radius 1 is 1.28 bits per heavy atom. The molecule has 2 aromatic carbocycles. The largest absolute Gasteiger partial charge is 0.454 e. The van der Waals surface area contributed by atoms with Crippen molar-refractivity contribution < 1.29 is 19.2 Å². The Morgan fingerprint density at radius 2 is 2.07 bits per heavy atom. The first-order valence-electron chi connectivity index (χ1n) is 8.48. The molecule has 1 aromatic heterocycles. The maximum absolute atomic E-state index is 12.1. The van der Waals surface area contributed by atoms with E-state index in [1.807, 2.05) is 30.3 Å². The normalized spacial score (nSPS) is 12.4. The van der Waals surface area contributed by atoms with Crippen LogP contribution < -0.4 is 14.9 Å². The zero-order valence-corrected chi connectivity index (χ0v) is 15.7. The van der Waals surface area contributed by atoms with Gasteiger partial charge in [-0.1, -0.05) is 18.2 Å². The molecule has 1 aliphatic heterocycles. The predicted molar refractivity (Wildman–Crippen MR) is 107 cm³/mol. The molecular weight excluding hydrogens is 396 g/mol. The second-order valence-corrected chi connectivity index (χ2v) is 6.95. The number of hydrazone groups is 1. The summed E-state index contributed by atoms with van der Waals surface area (Å²) in [7, 11) is 0. The van der Waals surface area contributed by atoms with Crippen LogP contribution >= 0.6 is 11.8 Å². The number of nitrogens with one attached hydrogen (secondary N) is 1. The molecule has 4 rings (SSSR count). The van der Waals surface area contributed by atoms with E-state index in [4.69, 9.17) is 9.47 Å². The van der Waals surface area contributed by atoms with Crippen LogP contribution in [0.2, 0.25) is 0 Å². The fourth-order valence-corrected chi connectivity index (χ4v) is 3.58. The third-order valence-corrected chi connectivity index (χ3v) is 5.11. The van der Waals surface area contributed by atoms with E-state index in [2.05, 4.69) is 15.5 Å². The molecule has 0 spiro atoms. The standard InChI is InChI=1S/C19H14N4O5S/c24-18(10-29-17-5-1-3-12-4-2-6-20-19(12)17)22-21-9-13-7-15-16(28-11-27-15)8-14(13)23(25)26/h1-9H,10-11H2,(H,22,24)/b21-9-. The van der Waals surface area contributed by atoms with Crippen LogP contribution in [0.1, 0.15) is 5.56 Å². The van der Waals surface area contributed by atoms with Crippen molar-refractivity contribution in [3.63, 3.8) is 0 Å². The van der Waals surface area contributed by atoms with Crippen molar-refractivity contribution in [1.82, 2.24) is 10.4 Å². The highest BCUT2D eigenvalue weighted by atomic mass is 32.2. The van der Waals surface area contributed by atoms with Crippen molar-refractivity contribution in [1.29, 1.82) is 0 Å². The van der Waals surface area contributed by atoms with Crippen molar-refractivity contribution in [3.05, 3.63) is 64.3 Å². The minimum atomic E-state index is -0.547. The third kappa shape index (κ3) is 4.11. The average molecular weight is 410 g/mol. The van der Waals surface area contributed by atoms with Gasteiger partial charge in [0.05, 0.1) is 34.0 Å². The van der Waals surface area contributed by atoms with Gasteiger partial charge in [-0.3, -0.25) is 19.9 Å². The highest BCUT2D eigenvalue weighted by Crippen LogP contribution is 2.37. The minimum absolute atomic E-state index is 0.00404. The number of rotatable bonds is 6. The molecule has 3 aromatic rings. The number of amides is 1. The molecule has 0 aliphatic carbocycles. The Morgan fingerprint density at radius 3 is 2.90 bits per heavy atom. The number of nitro groups is 1. The molecule has 1 amide bonds. The zero-order chi connectivity index (χ0) is 20.2. The summed E-state index contributed by atoms with van der Waals surface area (Å²) in [5.41, 5.74) is 3.21. The van der Waals surface area contributed by atoms with Crippen molar-refractivity contribution in [2.45, 2.75) is 4.90 Å². The van der Waals surface area contributed by atoms with Crippen LogP contribution in [0, 0.1) is 10.1 Å². The van der Waals surface area contributed by atoms with E-state index in [-0.39, 0.29) is 29.7 Å². The van der Waals surface area contributed by atoms with Gasteiger partial charge in [-0.25, -0.2) is 5.43 Å². The summed E-state index contributed by atoms with van der Waals surface area (Å²) in [6.45, 7) is 0.00404. The van der Waals surface area contributed by atoms with Gasteiger partial charge in [0.15, 0.2) is 11.5 Å². The monoisotopic (exact) mass is 410 g/mol. The number of para-hydroxylation sites is 1. The molecule has 1 aliphatic rings. The maximum Gasteiger partial charge on any atom is 0.282 e. The molecule has 0 radical (unpaired) electrons. The number of nitrogens with zero attached hydrogens (tertiary/aromatic N) is 3. The number of hydrogen-bond donors (Lipinski definition) is 1. The van der Waals surface area contributed by atoms with Gasteiger partial charge in [0, 0.05) is 16.5 Å². The molecule has 146 valence electrons. The Hall–Kier alpha value is -3.66. The lowest BCUT2D eigenvalue weighted by molar-refractivity contribution is -0.385. The van der Waals surface area contributed by atoms with E-state index in [0.717, 1.165) is 15.8 Å². The highest BCUT2D eigenvalue weighted by molar-refractivity contribution is 8.00. The Balaban J connectivity index is 1.41. The molecule has 29 heavy (non-hydrogen) atoms. The SMILES string of the molecule is O=C(CSc1cccc2cccnc12)N/N=C\c1cc2c(cc1[N+](=O)[O-])OCO2. The van der Waals surface area contributed by atoms with E-state index < -0.39 is 4.92 Å². The van der Waals surface area contributed by atoms with Gasteiger partial charge in [-0.05, 0) is 18.2 Å². The van der Waals surface area contributed by atoms with Gasteiger partial charge >= 0.3 is 0 Å². The van der Waals surface area contributed by atoms with Crippen LogP contribution in [-0.4, -0.2) is 34.6 Å².